The standard InChI is InChI=1S/C14H19N3/c1-10-5-3-4-6-12(10)17-13(15)16-9-14(17,2)11-7-8-11/h3-6,11H,7-9H2,1-2H3,(H2,15,16). The summed E-state index contributed by atoms with van der Waals surface area (Å²) in [5.41, 5.74) is 8.66. The molecule has 2 N–H and O–H groups in total. The Morgan fingerprint density at radius 3 is 2.71 bits per heavy atom. The molecule has 17 heavy (non-hydrogen) atoms. The molecule has 0 spiro atoms. The average molecular weight is 229 g/mol. The van der Waals surface area contributed by atoms with Gasteiger partial charge < -0.3 is 10.6 Å². The Hall–Kier alpha value is -1.51. The molecule has 1 saturated carbocycles. The quantitative estimate of drug-likeness (QED) is 0.845. The Morgan fingerprint density at radius 1 is 1.35 bits per heavy atom. The molecule has 1 unspecified atom stereocenters. The highest BCUT2D eigenvalue weighted by Crippen LogP contribution is 2.47. The van der Waals surface area contributed by atoms with Crippen molar-refractivity contribution in [3.63, 3.8) is 0 Å². The molecule has 0 saturated heterocycles. The van der Waals surface area contributed by atoms with Gasteiger partial charge in [-0.3, -0.25) is 4.99 Å². The van der Waals surface area contributed by atoms with Crippen LogP contribution in [0.2, 0.25) is 0 Å². The van der Waals surface area contributed by atoms with Crippen molar-refractivity contribution >= 4 is 11.6 Å². The van der Waals surface area contributed by atoms with Crippen LogP contribution >= 0.6 is 0 Å². The largest absolute Gasteiger partial charge is 0.369 e. The van der Waals surface area contributed by atoms with Gasteiger partial charge in [-0.2, -0.15) is 0 Å². The zero-order valence-corrected chi connectivity index (χ0v) is 10.5. The lowest BCUT2D eigenvalue weighted by Crippen LogP contribution is -2.51. The van der Waals surface area contributed by atoms with Crippen LogP contribution in [-0.4, -0.2) is 18.0 Å². The van der Waals surface area contributed by atoms with Crippen molar-refractivity contribution < 1.29 is 0 Å². The van der Waals surface area contributed by atoms with E-state index >= 15 is 0 Å². The fourth-order valence-corrected chi connectivity index (χ4v) is 2.87. The summed E-state index contributed by atoms with van der Waals surface area (Å²) in [4.78, 5) is 6.72. The van der Waals surface area contributed by atoms with E-state index in [1.54, 1.807) is 0 Å². The van der Waals surface area contributed by atoms with Gasteiger partial charge in [-0.1, -0.05) is 18.2 Å². The molecule has 1 fully saturated rings. The van der Waals surface area contributed by atoms with E-state index in [1.165, 1.54) is 24.1 Å². The number of rotatable bonds is 2. The summed E-state index contributed by atoms with van der Waals surface area (Å²) in [6, 6.07) is 8.41. The molecule has 0 radical (unpaired) electrons. The minimum Gasteiger partial charge on any atom is -0.369 e. The number of guanidine groups is 1. The Balaban J connectivity index is 2.05. The van der Waals surface area contributed by atoms with Crippen LogP contribution in [0.5, 0.6) is 0 Å². The van der Waals surface area contributed by atoms with Crippen molar-refractivity contribution in [2.75, 3.05) is 11.4 Å². The number of para-hydroxylation sites is 1. The first kappa shape index (κ1) is 10.6. The minimum atomic E-state index is 0.0934. The Kier molecular flexibility index (Phi) is 2.18. The molecule has 90 valence electrons. The van der Waals surface area contributed by atoms with Crippen LogP contribution < -0.4 is 10.6 Å². The van der Waals surface area contributed by atoms with Crippen molar-refractivity contribution in [2.45, 2.75) is 32.2 Å². The Labute approximate surface area is 102 Å². The maximum atomic E-state index is 6.10. The van der Waals surface area contributed by atoms with E-state index in [0.717, 1.165) is 12.5 Å². The number of aliphatic imine (C=N–C) groups is 1. The molecular formula is C14H19N3. The molecule has 1 aromatic rings. The van der Waals surface area contributed by atoms with Crippen molar-refractivity contribution in [2.24, 2.45) is 16.6 Å². The Bertz CT molecular complexity index is 476. The van der Waals surface area contributed by atoms with Gasteiger partial charge in [0.05, 0.1) is 12.1 Å². The lowest BCUT2D eigenvalue weighted by molar-refractivity contribution is 0.439. The number of aryl methyl sites for hydroxylation is 1. The summed E-state index contributed by atoms with van der Waals surface area (Å²) in [7, 11) is 0. The zero-order chi connectivity index (χ0) is 12.0. The summed E-state index contributed by atoms with van der Waals surface area (Å²) in [6.45, 7) is 5.26. The van der Waals surface area contributed by atoms with E-state index in [2.05, 4.69) is 48.0 Å². The van der Waals surface area contributed by atoms with Crippen LogP contribution in [0, 0.1) is 12.8 Å². The molecular weight excluding hydrogens is 210 g/mol. The molecule has 1 atom stereocenters. The van der Waals surface area contributed by atoms with E-state index in [-0.39, 0.29) is 5.54 Å². The molecule has 1 aromatic carbocycles. The summed E-state index contributed by atoms with van der Waals surface area (Å²) in [5, 5.41) is 0. The van der Waals surface area contributed by atoms with Crippen LogP contribution in [0.1, 0.15) is 25.3 Å². The number of hydrogen-bond donors (Lipinski definition) is 1. The smallest absolute Gasteiger partial charge is 0.196 e. The topological polar surface area (TPSA) is 41.6 Å². The van der Waals surface area contributed by atoms with E-state index in [9.17, 15) is 0 Å². The molecule has 3 rings (SSSR count). The van der Waals surface area contributed by atoms with Crippen LogP contribution in [0.15, 0.2) is 29.3 Å². The van der Waals surface area contributed by atoms with Gasteiger partial charge in [0.1, 0.15) is 0 Å². The number of benzene rings is 1. The Morgan fingerprint density at radius 2 is 2.06 bits per heavy atom. The molecule has 2 aliphatic rings. The summed E-state index contributed by atoms with van der Waals surface area (Å²) < 4.78 is 0. The lowest BCUT2D eigenvalue weighted by atomic mass is 9.93. The van der Waals surface area contributed by atoms with Crippen LogP contribution in [0.4, 0.5) is 5.69 Å². The summed E-state index contributed by atoms with van der Waals surface area (Å²) in [5.74, 6) is 1.42. The van der Waals surface area contributed by atoms with Crippen molar-refractivity contribution in [3.8, 4) is 0 Å². The number of nitrogens with zero attached hydrogens (tertiary/aromatic N) is 2. The molecule has 3 heteroatoms. The monoisotopic (exact) mass is 229 g/mol. The zero-order valence-electron chi connectivity index (χ0n) is 10.5. The average Bonchev–Trinajstić information content (AvgIpc) is 3.10. The van der Waals surface area contributed by atoms with Gasteiger partial charge in [0.2, 0.25) is 0 Å². The van der Waals surface area contributed by atoms with Gasteiger partial charge in [-0.25, -0.2) is 0 Å². The van der Waals surface area contributed by atoms with Gasteiger partial charge >= 0.3 is 0 Å². The van der Waals surface area contributed by atoms with Crippen LogP contribution in [-0.2, 0) is 0 Å². The van der Waals surface area contributed by atoms with E-state index in [4.69, 9.17) is 5.73 Å². The predicted octanol–water partition coefficient (Wildman–Crippen LogP) is 2.30. The second-order valence-corrected chi connectivity index (χ2v) is 5.43. The fourth-order valence-electron chi connectivity index (χ4n) is 2.87. The molecule has 1 aliphatic carbocycles. The minimum absolute atomic E-state index is 0.0934. The van der Waals surface area contributed by atoms with E-state index in [1.807, 2.05) is 0 Å². The third-order valence-corrected chi connectivity index (χ3v) is 4.11. The summed E-state index contributed by atoms with van der Waals surface area (Å²) >= 11 is 0. The highest BCUT2D eigenvalue weighted by molar-refractivity contribution is 5.99. The number of anilines is 1. The second-order valence-electron chi connectivity index (χ2n) is 5.43. The first-order valence-electron chi connectivity index (χ1n) is 6.29. The van der Waals surface area contributed by atoms with Crippen molar-refractivity contribution in [3.05, 3.63) is 29.8 Å². The van der Waals surface area contributed by atoms with Gasteiger partial charge in [0, 0.05) is 5.69 Å². The normalized spacial score (nSPS) is 28.4. The predicted molar refractivity (Wildman–Crippen MR) is 71.3 cm³/mol. The lowest BCUT2D eigenvalue weighted by Gasteiger charge is -2.37. The third kappa shape index (κ3) is 1.53. The molecule has 0 bridgehead atoms. The van der Waals surface area contributed by atoms with Crippen molar-refractivity contribution in [1.29, 1.82) is 0 Å². The van der Waals surface area contributed by atoms with Crippen LogP contribution in [0.25, 0.3) is 0 Å². The summed E-state index contributed by atoms with van der Waals surface area (Å²) in [6.07, 6.45) is 2.61. The second kappa shape index (κ2) is 3.49. The van der Waals surface area contributed by atoms with Crippen molar-refractivity contribution in [1.82, 2.24) is 0 Å². The maximum absolute atomic E-state index is 6.10. The first-order valence-corrected chi connectivity index (χ1v) is 6.29. The van der Waals surface area contributed by atoms with Gasteiger partial charge in [-0.05, 0) is 44.2 Å². The molecule has 1 aliphatic heterocycles. The first-order chi connectivity index (χ1) is 8.13. The maximum Gasteiger partial charge on any atom is 0.196 e. The highest BCUT2D eigenvalue weighted by atomic mass is 15.4. The van der Waals surface area contributed by atoms with E-state index in [0.29, 0.717) is 5.96 Å². The third-order valence-electron chi connectivity index (χ3n) is 4.11. The van der Waals surface area contributed by atoms with E-state index < -0.39 is 0 Å². The van der Waals surface area contributed by atoms with Gasteiger partial charge in [0.15, 0.2) is 5.96 Å². The number of hydrogen-bond acceptors (Lipinski definition) is 3. The number of nitrogens with two attached hydrogens (primary N) is 1. The SMILES string of the molecule is Cc1ccccc1N1C(N)=NCC1(C)C1CC1. The van der Waals surface area contributed by atoms with Gasteiger partial charge in [0.25, 0.3) is 0 Å². The fraction of sp³-hybridized carbons (Fsp3) is 0.500. The highest BCUT2D eigenvalue weighted by Gasteiger charge is 2.50. The molecule has 0 amide bonds. The molecule has 3 nitrogen and oxygen atoms in total. The molecule has 1 heterocycles. The molecule has 0 aromatic heterocycles. The van der Waals surface area contributed by atoms with Gasteiger partial charge in [-0.15, -0.1) is 0 Å². The van der Waals surface area contributed by atoms with Crippen LogP contribution in [0.3, 0.4) is 0 Å².